The highest BCUT2D eigenvalue weighted by Crippen LogP contribution is 2.42. The molecule has 0 aliphatic carbocycles. The Kier molecular flexibility index (Phi) is 5.96. The van der Waals surface area contributed by atoms with Crippen molar-refractivity contribution in [3.8, 4) is 5.75 Å². The molecule has 2 aliphatic heterocycles. The Hall–Kier alpha value is -3.27. The van der Waals surface area contributed by atoms with Crippen molar-refractivity contribution in [1.82, 2.24) is 9.97 Å². The zero-order chi connectivity index (χ0) is 22.9. The summed E-state index contributed by atoms with van der Waals surface area (Å²) in [5.74, 6) is 0.216. The van der Waals surface area contributed by atoms with Gasteiger partial charge in [-0.25, -0.2) is 18.7 Å². The predicted molar refractivity (Wildman–Crippen MR) is 116 cm³/mol. The van der Waals surface area contributed by atoms with Crippen LogP contribution in [-0.4, -0.2) is 47.8 Å². The van der Waals surface area contributed by atoms with Crippen molar-refractivity contribution in [3.05, 3.63) is 47.7 Å². The number of amides is 1. The third-order valence-corrected chi connectivity index (χ3v) is 5.36. The Morgan fingerprint density at radius 2 is 1.94 bits per heavy atom. The molecular formula is C22H25F2N5O3. The molecule has 0 spiro atoms. The topological polar surface area (TPSA) is 103 Å². The van der Waals surface area contributed by atoms with Crippen LogP contribution in [0.5, 0.6) is 5.75 Å². The van der Waals surface area contributed by atoms with E-state index in [4.69, 9.17) is 15.2 Å². The van der Waals surface area contributed by atoms with Crippen LogP contribution in [0.2, 0.25) is 0 Å². The number of carbonyl (C=O) groups is 1. The van der Waals surface area contributed by atoms with Gasteiger partial charge >= 0.3 is 0 Å². The summed E-state index contributed by atoms with van der Waals surface area (Å²) >= 11 is 0. The van der Waals surface area contributed by atoms with Crippen molar-refractivity contribution < 1.29 is 23.0 Å². The zero-order valence-corrected chi connectivity index (χ0v) is 17.9. The first-order valence-corrected chi connectivity index (χ1v) is 10.3. The summed E-state index contributed by atoms with van der Waals surface area (Å²) in [4.78, 5) is 22.9. The summed E-state index contributed by atoms with van der Waals surface area (Å²) in [5, 5.41) is 2.90. The Morgan fingerprint density at radius 3 is 2.56 bits per heavy atom. The second-order valence-electron chi connectivity index (χ2n) is 8.29. The lowest BCUT2D eigenvalue weighted by Gasteiger charge is -2.31. The van der Waals surface area contributed by atoms with Crippen LogP contribution in [0, 0.1) is 0 Å². The Bertz CT molecular complexity index is 1030. The Labute approximate surface area is 184 Å². The second kappa shape index (κ2) is 8.70. The molecule has 3 heterocycles. The number of fused-ring (bicyclic) bond motifs is 1. The van der Waals surface area contributed by atoms with E-state index in [1.165, 1.54) is 0 Å². The van der Waals surface area contributed by atoms with E-state index in [1.807, 2.05) is 26.0 Å². The van der Waals surface area contributed by atoms with E-state index in [0.717, 1.165) is 35.6 Å². The largest absolute Gasteiger partial charge is 0.487 e. The number of anilines is 2. The molecule has 1 amide bonds. The van der Waals surface area contributed by atoms with Crippen LogP contribution in [0.1, 0.15) is 37.2 Å². The van der Waals surface area contributed by atoms with Gasteiger partial charge in [0.25, 0.3) is 12.3 Å². The smallest absolute Gasteiger partial charge is 0.266 e. The predicted octanol–water partition coefficient (Wildman–Crippen LogP) is 2.90. The molecule has 0 bridgehead atoms. The summed E-state index contributed by atoms with van der Waals surface area (Å²) in [6.45, 7) is 6.51. The van der Waals surface area contributed by atoms with Crippen LogP contribution >= 0.6 is 0 Å². The van der Waals surface area contributed by atoms with Gasteiger partial charge in [-0.3, -0.25) is 4.79 Å². The Balaban J connectivity index is 1.64. The molecule has 1 fully saturated rings. The van der Waals surface area contributed by atoms with E-state index >= 15 is 0 Å². The molecule has 1 saturated heterocycles. The summed E-state index contributed by atoms with van der Waals surface area (Å²) < 4.78 is 37.1. The quantitative estimate of drug-likeness (QED) is 0.682. The van der Waals surface area contributed by atoms with Crippen molar-refractivity contribution >= 4 is 22.9 Å². The number of aromatic nitrogens is 2. The van der Waals surface area contributed by atoms with Crippen LogP contribution < -0.4 is 20.7 Å². The monoisotopic (exact) mass is 445 g/mol. The van der Waals surface area contributed by atoms with E-state index < -0.39 is 12.3 Å². The van der Waals surface area contributed by atoms with Gasteiger partial charge in [0.05, 0.1) is 35.7 Å². The van der Waals surface area contributed by atoms with Gasteiger partial charge in [0, 0.05) is 49.7 Å². The van der Waals surface area contributed by atoms with Crippen molar-refractivity contribution in [3.63, 3.8) is 0 Å². The molecule has 2 aromatic rings. The molecule has 1 aromatic carbocycles. The molecule has 4 rings (SSSR count). The van der Waals surface area contributed by atoms with Gasteiger partial charge in [-0.05, 0) is 19.9 Å². The number of benzene rings is 1. The van der Waals surface area contributed by atoms with Crippen molar-refractivity contribution in [2.75, 3.05) is 36.5 Å². The molecular weight excluding hydrogens is 420 g/mol. The first-order valence-electron chi connectivity index (χ1n) is 10.3. The lowest BCUT2D eigenvalue weighted by Crippen LogP contribution is -2.36. The lowest BCUT2D eigenvalue weighted by molar-refractivity contribution is -0.111. The number of nitrogens with one attached hydrogen (secondary N) is 1. The van der Waals surface area contributed by atoms with Gasteiger partial charge in [-0.2, -0.15) is 0 Å². The van der Waals surface area contributed by atoms with Crippen LogP contribution in [0.15, 0.2) is 30.7 Å². The first-order chi connectivity index (χ1) is 15.3. The zero-order valence-electron chi connectivity index (χ0n) is 17.9. The number of hydrogen-bond acceptors (Lipinski definition) is 7. The Morgan fingerprint density at radius 1 is 1.25 bits per heavy atom. The summed E-state index contributed by atoms with van der Waals surface area (Å²) in [6, 6.07) is 3.84. The average molecular weight is 445 g/mol. The van der Waals surface area contributed by atoms with Gasteiger partial charge in [0.2, 0.25) is 0 Å². The molecule has 170 valence electrons. The maximum absolute atomic E-state index is 13.1. The van der Waals surface area contributed by atoms with Crippen molar-refractivity contribution in [2.45, 2.75) is 32.3 Å². The number of halogens is 2. The number of carbonyl (C=O) groups excluding carboxylic acids is 1. The first kappa shape index (κ1) is 21.9. The highest BCUT2D eigenvalue weighted by atomic mass is 19.3. The van der Waals surface area contributed by atoms with Gasteiger partial charge in [0.1, 0.15) is 11.4 Å². The SMILES string of the molecule is CC1(C)Cc2cc(NC(=O)C(=CN)c3ncc(C(F)F)cn3)c(N3CCOCC3)cc2O1. The van der Waals surface area contributed by atoms with E-state index in [1.54, 1.807) is 0 Å². The minimum atomic E-state index is -2.70. The number of hydrogen-bond donors (Lipinski definition) is 2. The van der Waals surface area contributed by atoms with Crippen molar-refractivity contribution in [1.29, 1.82) is 0 Å². The van der Waals surface area contributed by atoms with Crippen LogP contribution in [-0.2, 0) is 16.0 Å². The maximum Gasteiger partial charge on any atom is 0.266 e. The minimum absolute atomic E-state index is 0.0178. The fraction of sp³-hybridized carbons (Fsp3) is 0.409. The highest BCUT2D eigenvalue weighted by Gasteiger charge is 2.32. The van der Waals surface area contributed by atoms with Crippen LogP contribution in [0.4, 0.5) is 20.2 Å². The average Bonchev–Trinajstić information content (AvgIpc) is 3.07. The third kappa shape index (κ3) is 4.50. The number of alkyl halides is 2. The summed E-state index contributed by atoms with van der Waals surface area (Å²) in [6.07, 6.45) is 1.04. The number of nitrogens with zero attached hydrogens (tertiary/aromatic N) is 3. The van der Waals surface area contributed by atoms with Gasteiger partial charge in [-0.1, -0.05) is 0 Å². The van der Waals surface area contributed by atoms with Crippen molar-refractivity contribution in [2.24, 2.45) is 5.73 Å². The molecule has 8 nitrogen and oxygen atoms in total. The number of rotatable bonds is 5. The lowest BCUT2D eigenvalue weighted by atomic mass is 10.0. The molecule has 32 heavy (non-hydrogen) atoms. The van der Waals surface area contributed by atoms with E-state index in [-0.39, 0.29) is 22.6 Å². The molecule has 0 radical (unpaired) electrons. The number of ether oxygens (including phenoxy) is 2. The van der Waals surface area contributed by atoms with Gasteiger partial charge < -0.3 is 25.4 Å². The molecule has 10 heteroatoms. The molecule has 2 aliphatic rings. The van der Waals surface area contributed by atoms with Gasteiger partial charge in [-0.15, -0.1) is 0 Å². The third-order valence-electron chi connectivity index (χ3n) is 5.36. The molecule has 0 saturated carbocycles. The molecule has 3 N–H and O–H groups in total. The van der Waals surface area contributed by atoms with Gasteiger partial charge in [0.15, 0.2) is 5.82 Å². The van der Waals surface area contributed by atoms with E-state index in [0.29, 0.717) is 38.4 Å². The molecule has 0 unspecified atom stereocenters. The molecule has 1 aromatic heterocycles. The fourth-order valence-electron chi connectivity index (χ4n) is 3.84. The maximum atomic E-state index is 13.1. The highest BCUT2D eigenvalue weighted by molar-refractivity contribution is 6.24. The standard InChI is InChI=1S/C22H25F2N5O3/c1-22(2)9-13-7-16(17(8-18(13)32-22)29-3-5-31-6-4-29)28-21(30)15(10-25)20-26-11-14(12-27-20)19(23)24/h7-8,10-12,19H,3-6,9,25H2,1-2H3,(H,28,30). The summed E-state index contributed by atoms with van der Waals surface area (Å²) in [7, 11) is 0. The van der Waals surface area contributed by atoms with E-state index in [9.17, 15) is 13.6 Å². The number of nitrogens with two attached hydrogens (primary N) is 1. The normalized spacial score (nSPS) is 17.8. The minimum Gasteiger partial charge on any atom is -0.487 e. The molecule has 0 atom stereocenters. The second-order valence-corrected chi connectivity index (χ2v) is 8.29. The number of morpholine rings is 1. The summed E-state index contributed by atoms with van der Waals surface area (Å²) in [5.41, 5.74) is 7.37. The van der Waals surface area contributed by atoms with E-state index in [2.05, 4.69) is 20.2 Å². The fourth-order valence-corrected chi connectivity index (χ4v) is 3.84. The van der Waals surface area contributed by atoms with Crippen LogP contribution in [0.25, 0.3) is 5.57 Å². The van der Waals surface area contributed by atoms with Crippen LogP contribution in [0.3, 0.4) is 0 Å².